The molecule has 18 heteroatoms. The maximum atomic E-state index is 15.0. The van der Waals surface area contributed by atoms with E-state index in [1.807, 2.05) is 0 Å². The molecule has 0 spiro atoms. The Bertz CT molecular complexity index is 864. The van der Waals surface area contributed by atoms with E-state index in [9.17, 15) is 74.6 Å². The lowest BCUT2D eigenvalue weighted by molar-refractivity contribution is -0.509. The van der Waals surface area contributed by atoms with Crippen molar-refractivity contribution in [1.29, 1.82) is 0 Å². The highest BCUT2D eigenvalue weighted by Crippen LogP contribution is 3.12. The molecule has 4 saturated carbocycles. The zero-order valence-corrected chi connectivity index (χ0v) is 12.8. The normalized spacial score (nSPS) is 53.0. The average Bonchev–Trinajstić information content (AvgIpc) is 3.27. The lowest BCUT2D eigenvalue weighted by Crippen LogP contribution is -2.92. The summed E-state index contributed by atoms with van der Waals surface area (Å²) in [5.74, 6) is -61.6. The van der Waals surface area contributed by atoms with E-state index < -0.39 is 69.5 Å². The van der Waals surface area contributed by atoms with Gasteiger partial charge in [-0.3, -0.25) is 0 Å². The lowest BCUT2D eigenvalue weighted by atomic mass is 9.56. The van der Waals surface area contributed by atoms with E-state index in [2.05, 4.69) is 0 Å². The second kappa shape index (κ2) is 3.96. The summed E-state index contributed by atoms with van der Waals surface area (Å²) in [5, 5.41) is 0. The van der Waals surface area contributed by atoms with Gasteiger partial charge in [-0.15, -0.1) is 0 Å². The van der Waals surface area contributed by atoms with Crippen molar-refractivity contribution in [2.24, 2.45) is 10.8 Å². The number of fused-ring (bicyclic) bond motifs is 1. The molecule has 30 heavy (non-hydrogen) atoms. The predicted octanol–water partition coefficient (Wildman–Crippen LogP) is 5.51. The van der Waals surface area contributed by atoms with E-state index in [1.165, 1.54) is 0 Å². The van der Waals surface area contributed by atoms with Gasteiger partial charge in [0.25, 0.3) is 17.5 Å². The van der Waals surface area contributed by atoms with Gasteiger partial charge in [-0.05, 0) is 0 Å². The number of halogens is 18. The van der Waals surface area contributed by atoms with E-state index in [4.69, 9.17) is 0 Å². The smallest absolute Gasteiger partial charge is 0.232 e. The summed E-state index contributed by atoms with van der Waals surface area (Å²) in [5.41, 5.74) is -29.3. The minimum absolute atomic E-state index is 6.35. The number of alkyl halides is 18. The van der Waals surface area contributed by atoms with Crippen molar-refractivity contribution in [2.45, 2.75) is 58.7 Å². The Hall–Kier alpha value is -1.26. The zero-order valence-electron chi connectivity index (χ0n) is 12.8. The molecule has 0 radical (unpaired) electrons. The predicted molar refractivity (Wildman–Crippen MR) is 52.1 cm³/mol. The van der Waals surface area contributed by atoms with Crippen LogP contribution in [0.1, 0.15) is 0 Å². The molecule has 0 nitrogen and oxygen atoms in total. The quantitative estimate of drug-likeness (QED) is 0.397. The van der Waals surface area contributed by atoms with Gasteiger partial charge in [0.05, 0.1) is 0 Å². The Labute approximate surface area is 150 Å². The van der Waals surface area contributed by atoms with Gasteiger partial charge >= 0.3 is 35.5 Å². The lowest BCUT2D eigenvalue weighted by Gasteiger charge is -2.59. The maximum Gasteiger partial charge on any atom is 0.382 e. The van der Waals surface area contributed by atoms with Gasteiger partial charge in [0.15, 0.2) is 10.8 Å². The van der Waals surface area contributed by atoms with Crippen molar-refractivity contribution in [3.8, 4) is 0 Å². The summed E-state index contributed by atoms with van der Waals surface area (Å²) in [6.07, 6.45) is 0. The first-order chi connectivity index (χ1) is 12.8. The molecule has 0 aliphatic heterocycles. The number of rotatable bonds is 0. The minimum atomic E-state index is -8.34. The molecule has 2 atom stereocenters. The van der Waals surface area contributed by atoms with Gasteiger partial charge < -0.3 is 0 Å². The van der Waals surface area contributed by atoms with Gasteiger partial charge in [0.2, 0.25) is 5.67 Å². The van der Waals surface area contributed by atoms with Crippen molar-refractivity contribution in [1.82, 2.24) is 0 Å². The summed E-state index contributed by atoms with van der Waals surface area (Å²) >= 11 is 0. The van der Waals surface area contributed by atoms with Crippen molar-refractivity contribution < 1.29 is 79.0 Å². The number of hydrogen-bond donors (Lipinski definition) is 0. The van der Waals surface area contributed by atoms with Crippen LogP contribution in [0.25, 0.3) is 0 Å². The van der Waals surface area contributed by atoms with Crippen molar-refractivity contribution in [2.75, 3.05) is 0 Å². The molecule has 0 bridgehead atoms. The van der Waals surface area contributed by atoms with E-state index in [0.717, 1.165) is 0 Å². The Morgan fingerprint density at radius 2 is 0.467 bits per heavy atom. The topological polar surface area (TPSA) is 0 Å². The standard InChI is InChI=1S/C12F18/c13-3-1-2(5(1,15)16,6(1,17)18)7(19,20)9(23,24)4(3,14)10(25,26)12(29,30)11(27,28)8(3,21)22. The van der Waals surface area contributed by atoms with E-state index in [1.54, 1.807) is 0 Å². The maximum absolute atomic E-state index is 15.0. The fourth-order valence-electron chi connectivity index (χ4n) is 5.24. The first-order valence-corrected chi connectivity index (χ1v) is 7.15. The van der Waals surface area contributed by atoms with Crippen molar-refractivity contribution in [3.05, 3.63) is 0 Å². The molecule has 4 fully saturated rings. The molecule has 0 aromatic rings. The molecule has 0 saturated heterocycles. The van der Waals surface area contributed by atoms with Gasteiger partial charge in [0.1, 0.15) is 0 Å². The minimum Gasteiger partial charge on any atom is -0.232 e. The highest BCUT2D eigenvalue weighted by Gasteiger charge is 3.38. The Balaban J connectivity index is 2.27. The number of hydrogen-bond acceptors (Lipinski definition) is 0. The fourth-order valence-corrected chi connectivity index (χ4v) is 5.24. The van der Waals surface area contributed by atoms with Crippen LogP contribution in [-0.4, -0.2) is 58.7 Å². The SMILES string of the molecule is FC1(F)C(F)(F)C(F)(F)C2(F)C(F)(C1(F)F)C(F)(F)C(F)(F)C13C(F)(F)C21C3(F)F. The molecular formula is C12F18. The third kappa shape index (κ3) is 1.05. The molecule has 4 rings (SSSR count). The summed E-state index contributed by atoms with van der Waals surface area (Å²) in [4.78, 5) is 0. The fraction of sp³-hybridized carbons (Fsp3) is 1.00. The third-order valence-electron chi connectivity index (χ3n) is 6.66. The van der Waals surface area contributed by atoms with E-state index in [-0.39, 0.29) is 0 Å². The van der Waals surface area contributed by atoms with Crippen LogP contribution < -0.4 is 0 Å². The first-order valence-electron chi connectivity index (χ1n) is 7.15. The van der Waals surface area contributed by atoms with Crippen molar-refractivity contribution >= 4 is 0 Å². The molecule has 0 aromatic heterocycles. The van der Waals surface area contributed by atoms with Crippen LogP contribution in [0.3, 0.4) is 0 Å². The van der Waals surface area contributed by atoms with Gasteiger partial charge in [-0.25, -0.2) is 26.3 Å². The highest BCUT2D eigenvalue weighted by molar-refractivity contribution is 5.68. The van der Waals surface area contributed by atoms with Crippen LogP contribution in [0.4, 0.5) is 79.0 Å². The second-order valence-electron chi connectivity index (χ2n) is 7.41. The third-order valence-corrected chi connectivity index (χ3v) is 6.66. The summed E-state index contributed by atoms with van der Waals surface area (Å²) in [6.45, 7) is 0. The average molecular weight is 486 g/mol. The summed E-state index contributed by atoms with van der Waals surface area (Å²) < 4.78 is 250. The van der Waals surface area contributed by atoms with Gasteiger partial charge in [-0.2, -0.15) is 52.7 Å². The van der Waals surface area contributed by atoms with Crippen LogP contribution in [0, 0.1) is 10.8 Å². The Morgan fingerprint density at radius 3 is 0.800 bits per heavy atom. The largest absolute Gasteiger partial charge is 0.382 e. The molecule has 0 amide bonds. The first kappa shape index (κ1) is 22.0. The Morgan fingerprint density at radius 1 is 0.200 bits per heavy atom. The second-order valence-corrected chi connectivity index (χ2v) is 7.41. The van der Waals surface area contributed by atoms with Crippen molar-refractivity contribution in [3.63, 3.8) is 0 Å². The van der Waals surface area contributed by atoms with Gasteiger partial charge in [0, 0.05) is 0 Å². The molecule has 0 heterocycles. The zero-order chi connectivity index (χ0) is 24.0. The molecule has 2 unspecified atom stereocenters. The summed E-state index contributed by atoms with van der Waals surface area (Å²) in [6, 6.07) is 0. The van der Waals surface area contributed by atoms with Crippen LogP contribution >= 0.6 is 0 Å². The molecule has 4 aliphatic carbocycles. The van der Waals surface area contributed by atoms with E-state index >= 15 is 4.39 Å². The van der Waals surface area contributed by atoms with Gasteiger partial charge in [-0.1, -0.05) is 0 Å². The summed E-state index contributed by atoms with van der Waals surface area (Å²) in [7, 11) is 0. The van der Waals surface area contributed by atoms with Crippen LogP contribution in [0.2, 0.25) is 0 Å². The van der Waals surface area contributed by atoms with Crippen LogP contribution in [0.5, 0.6) is 0 Å². The Kier molecular flexibility index (Phi) is 2.90. The molecule has 174 valence electrons. The van der Waals surface area contributed by atoms with Crippen LogP contribution in [0.15, 0.2) is 0 Å². The molecule has 0 N–H and O–H groups in total. The van der Waals surface area contributed by atoms with Crippen LogP contribution in [-0.2, 0) is 0 Å². The van der Waals surface area contributed by atoms with E-state index in [0.29, 0.717) is 0 Å². The highest BCUT2D eigenvalue weighted by atomic mass is 19.4. The molecular weight excluding hydrogens is 486 g/mol. The monoisotopic (exact) mass is 486 g/mol. The molecule has 0 aromatic carbocycles. The molecule has 4 aliphatic rings.